The number of rotatable bonds is 46. The summed E-state index contributed by atoms with van der Waals surface area (Å²) < 4.78 is 0. The molecule has 0 aliphatic carbocycles. The Hall–Kier alpha value is -1.91. The van der Waals surface area contributed by atoms with Gasteiger partial charge in [-0.05, 0) is 38.5 Å². The zero-order valence-electron chi connectivity index (χ0n) is 38.8. The van der Waals surface area contributed by atoms with Crippen LogP contribution in [-0.4, -0.2) is 34.9 Å². The van der Waals surface area contributed by atoms with Crippen LogP contribution in [0.2, 0.25) is 0 Å². The van der Waals surface area contributed by atoms with Crippen molar-refractivity contribution in [2.75, 3.05) is 6.61 Å². The highest BCUT2D eigenvalue weighted by molar-refractivity contribution is 5.77. The number of amides is 1. The smallest absolute Gasteiger partial charge is 0.224 e. The van der Waals surface area contributed by atoms with Crippen molar-refractivity contribution in [3.8, 4) is 0 Å². The number of aliphatic hydroxyl groups is 2. The lowest BCUT2D eigenvalue weighted by atomic mass is 10.0. The summed E-state index contributed by atoms with van der Waals surface area (Å²) in [4.78, 5) is 12.3. The van der Waals surface area contributed by atoms with Crippen LogP contribution in [0, 0.1) is 0 Å². The zero-order chi connectivity index (χ0) is 42.1. The van der Waals surface area contributed by atoms with E-state index in [0.29, 0.717) is 6.42 Å². The van der Waals surface area contributed by atoms with E-state index in [-0.39, 0.29) is 18.9 Å². The Morgan fingerprint density at radius 3 is 0.983 bits per heavy atom. The van der Waals surface area contributed by atoms with Crippen LogP contribution in [0.15, 0.2) is 60.8 Å². The minimum atomic E-state index is -0.703. The summed E-state index contributed by atoms with van der Waals surface area (Å²) in [5, 5.41) is 23.1. The van der Waals surface area contributed by atoms with Gasteiger partial charge >= 0.3 is 0 Å². The molecule has 1 amide bonds. The molecule has 58 heavy (non-hydrogen) atoms. The molecule has 0 aliphatic rings. The summed E-state index contributed by atoms with van der Waals surface area (Å²) in [7, 11) is 0. The Morgan fingerprint density at radius 1 is 0.414 bits per heavy atom. The molecular weight excluding hydrogens is 711 g/mol. The molecule has 0 heterocycles. The van der Waals surface area contributed by atoms with Gasteiger partial charge in [-0.3, -0.25) is 4.79 Å². The summed E-state index contributed by atoms with van der Waals surface area (Å²) in [5.41, 5.74) is 0. The van der Waals surface area contributed by atoms with E-state index >= 15 is 0 Å². The van der Waals surface area contributed by atoms with Crippen molar-refractivity contribution in [1.29, 1.82) is 0 Å². The summed E-state index contributed by atoms with van der Waals surface area (Å²) in [6, 6.07) is -0.594. The van der Waals surface area contributed by atoms with Crippen LogP contribution in [0.3, 0.4) is 0 Å². The van der Waals surface area contributed by atoms with Gasteiger partial charge in [-0.2, -0.15) is 0 Å². The molecule has 3 N–H and O–H groups in total. The third-order valence-electron chi connectivity index (χ3n) is 11.6. The zero-order valence-corrected chi connectivity index (χ0v) is 38.8. The van der Waals surface area contributed by atoms with Crippen molar-refractivity contribution < 1.29 is 15.0 Å². The molecule has 0 spiro atoms. The molecule has 0 aromatic carbocycles. The first kappa shape index (κ1) is 56.1. The van der Waals surface area contributed by atoms with Crippen LogP contribution in [0.1, 0.15) is 258 Å². The van der Waals surface area contributed by atoms with Crippen LogP contribution < -0.4 is 5.32 Å². The highest BCUT2D eigenvalue weighted by Crippen LogP contribution is 2.17. The van der Waals surface area contributed by atoms with Crippen LogP contribution in [0.4, 0.5) is 0 Å². The van der Waals surface area contributed by atoms with Crippen LogP contribution >= 0.6 is 0 Å². The Labute approximate surface area is 362 Å². The van der Waals surface area contributed by atoms with E-state index < -0.39 is 12.1 Å². The summed E-state index contributed by atoms with van der Waals surface area (Å²) >= 11 is 0. The second kappa shape index (κ2) is 49.5. The average Bonchev–Trinajstić information content (AvgIpc) is 3.23. The van der Waals surface area contributed by atoms with E-state index in [4.69, 9.17) is 0 Å². The lowest BCUT2D eigenvalue weighted by Gasteiger charge is -2.22. The molecule has 0 bridgehead atoms. The maximum atomic E-state index is 12.3. The number of carbonyl (C=O) groups is 1. The van der Waals surface area contributed by atoms with Crippen molar-refractivity contribution >= 4 is 5.91 Å². The van der Waals surface area contributed by atoms with E-state index in [1.165, 1.54) is 186 Å². The normalized spacial score (nSPS) is 13.4. The SMILES string of the molecule is CC/C=C\C/C=C\C/C=C\C/C=C\C/C=C\CC(=O)NC(CO)C(O)CCCCCCCCCCCCCCCCCCCCCCCCCCCCCCCCC. The largest absolute Gasteiger partial charge is 0.394 e. The Balaban J connectivity index is 3.48. The molecule has 0 aromatic rings. The molecule has 0 fully saturated rings. The van der Waals surface area contributed by atoms with E-state index in [0.717, 1.165) is 44.9 Å². The van der Waals surface area contributed by atoms with Gasteiger partial charge in [-0.15, -0.1) is 0 Å². The van der Waals surface area contributed by atoms with Crippen molar-refractivity contribution in [3.05, 3.63) is 60.8 Å². The number of carbonyl (C=O) groups excluding carboxylic acids is 1. The Bertz CT molecular complexity index is 965. The van der Waals surface area contributed by atoms with Crippen molar-refractivity contribution in [1.82, 2.24) is 5.32 Å². The van der Waals surface area contributed by atoms with Gasteiger partial charge in [-0.1, -0.05) is 274 Å². The monoisotopic (exact) mass is 810 g/mol. The topological polar surface area (TPSA) is 69.6 Å². The van der Waals surface area contributed by atoms with Gasteiger partial charge < -0.3 is 15.5 Å². The molecule has 0 saturated heterocycles. The number of allylic oxidation sites excluding steroid dienone is 9. The van der Waals surface area contributed by atoms with Gasteiger partial charge in [0, 0.05) is 6.42 Å². The van der Waals surface area contributed by atoms with Crippen molar-refractivity contribution in [2.45, 2.75) is 270 Å². The molecule has 4 nitrogen and oxygen atoms in total. The summed E-state index contributed by atoms with van der Waals surface area (Å²) in [6.07, 6.45) is 69.4. The predicted octanol–water partition coefficient (Wildman–Crippen LogP) is 16.5. The number of unbranched alkanes of at least 4 members (excludes halogenated alkanes) is 30. The highest BCUT2D eigenvalue weighted by Gasteiger charge is 2.19. The summed E-state index contributed by atoms with van der Waals surface area (Å²) in [5.74, 6) is -0.157. The Morgan fingerprint density at radius 2 is 0.690 bits per heavy atom. The Kier molecular flexibility index (Phi) is 47.8. The summed E-state index contributed by atoms with van der Waals surface area (Å²) in [6.45, 7) is 4.21. The molecule has 0 aliphatic heterocycles. The highest BCUT2D eigenvalue weighted by atomic mass is 16.3. The van der Waals surface area contributed by atoms with Crippen LogP contribution in [0.5, 0.6) is 0 Å². The van der Waals surface area contributed by atoms with Crippen molar-refractivity contribution in [3.63, 3.8) is 0 Å². The number of nitrogens with one attached hydrogen (secondary N) is 1. The molecular formula is C54H99NO3. The van der Waals surface area contributed by atoms with Gasteiger partial charge in [0.25, 0.3) is 0 Å². The van der Waals surface area contributed by atoms with E-state index in [9.17, 15) is 15.0 Å². The third kappa shape index (κ3) is 45.2. The fourth-order valence-electron chi connectivity index (χ4n) is 7.72. The number of aliphatic hydroxyl groups excluding tert-OH is 2. The first-order valence-corrected chi connectivity index (χ1v) is 25.5. The van der Waals surface area contributed by atoms with Crippen LogP contribution in [0.25, 0.3) is 0 Å². The molecule has 2 atom stereocenters. The number of hydrogen-bond donors (Lipinski definition) is 3. The second-order valence-electron chi connectivity index (χ2n) is 17.2. The van der Waals surface area contributed by atoms with Gasteiger partial charge in [0.15, 0.2) is 0 Å². The maximum absolute atomic E-state index is 12.3. The fourth-order valence-corrected chi connectivity index (χ4v) is 7.72. The van der Waals surface area contributed by atoms with E-state index in [1.54, 1.807) is 0 Å². The van der Waals surface area contributed by atoms with Gasteiger partial charge in [-0.25, -0.2) is 0 Å². The quantitative estimate of drug-likeness (QED) is 0.0424. The first-order chi connectivity index (χ1) is 28.7. The van der Waals surface area contributed by atoms with Gasteiger partial charge in [0.1, 0.15) is 0 Å². The molecule has 338 valence electrons. The van der Waals surface area contributed by atoms with Gasteiger partial charge in [0.2, 0.25) is 5.91 Å². The molecule has 2 unspecified atom stereocenters. The second-order valence-corrected chi connectivity index (χ2v) is 17.2. The molecule has 0 aromatic heterocycles. The van der Waals surface area contributed by atoms with E-state index in [1.807, 2.05) is 12.2 Å². The third-order valence-corrected chi connectivity index (χ3v) is 11.6. The van der Waals surface area contributed by atoms with Gasteiger partial charge in [0.05, 0.1) is 18.8 Å². The molecule has 0 saturated carbocycles. The average molecular weight is 810 g/mol. The minimum absolute atomic E-state index is 0.157. The molecule has 4 heteroatoms. The van der Waals surface area contributed by atoms with Crippen LogP contribution in [-0.2, 0) is 4.79 Å². The standard InChI is InChI=1S/C54H99NO3/c1-3-5-7-9-11-13-15-17-19-20-21-22-23-24-25-26-27-28-29-30-31-32-33-34-36-37-39-41-43-45-47-49-53(57)52(51-56)55-54(58)50-48-46-44-42-40-38-35-18-16-14-12-10-8-6-4-2/h6,8,12,14,18,35,40,42,46,48,52-53,56-57H,3-5,7,9-11,13,15-17,19-34,36-39,41,43-45,47,49-51H2,1-2H3,(H,55,58)/b8-6-,14-12-,35-18-,42-40-,48-46-. The fraction of sp³-hybridized carbons (Fsp3) is 0.796. The molecule has 0 rings (SSSR count). The van der Waals surface area contributed by atoms with Crippen molar-refractivity contribution in [2.24, 2.45) is 0 Å². The number of hydrogen-bond acceptors (Lipinski definition) is 3. The lowest BCUT2D eigenvalue weighted by Crippen LogP contribution is -2.45. The predicted molar refractivity (Wildman–Crippen MR) is 258 cm³/mol. The minimum Gasteiger partial charge on any atom is -0.394 e. The van der Waals surface area contributed by atoms with E-state index in [2.05, 4.69) is 67.8 Å². The lowest BCUT2D eigenvalue weighted by molar-refractivity contribution is -0.122. The maximum Gasteiger partial charge on any atom is 0.224 e. The first-order valence-electron chi connectivity index (χ1n) is 25.5. The molecule has 0 radical (unpaired) electrons.